The van der Waals surface area contributed by atoms with E-state index in [1.807, 2.05) is 84.7 Å². The van der Waals surface area contributed by atoms with Gasteiger partial charge in [-0.05, 0) is 152 Å². The highest BCUT2D eigenvalue weighted by Crippen LogP contribution is 2.44. The van der Waals surface area contributed by atoms with E-state index in [0.29, 0.717) is 75.6 Å². The van der Waals surface area contributed by atoms with E-state index < -0.39 is 30.4 Å². The Bertz CT molecular complexity index is 3640. The van der Waals surface area contributed by atoms with Gasteiger partial charge in [-0.1, -0.05) is 31.2 Å². The molecule has 6 aromatic rings. The molecule has 4 atom stereocenters. The summed E-state index contributed by atoms with van der Waals surface area (Å²) in [5.41, 5.74) is 8.32. The van der Waals surface area contributed by atoms with E-state index in [2.05, 4.69) is 17.6 Å². The smallest absolute Gasteiger partial charge is 0.264 e. The zero-order chi connectivity index (χ0) is 61.4. The fourth-order valence-corrected chi connectivity index (χ4v) is 14.0. The molecule has 4 unspecified atom stereocenters. The Morgan fingerprint density at radius 2 is 0.940 bits per heavy atom. The van der Waals surface area contributed by atoms with Crippen LogP contribution in [0.1, 0.15) is 132 Å². The van der Waals surface area contributed by atoms with Crippen LogP contribution in [0.15, 0.2) is 60.7 Å². The molecule has 23 heteroatoms. The molecule has 0 aliphatic heterocycles. The second kappa shape index (κ2) is 28.2. The first-order valence-corrected chi connectivity index (χ1v) is 34.9. The fourth-order valence-electron chi connectivity index (χ4n) is 12.9. The predicted molar refractivity (Wildman–Crippen MR) is 323 cm³/mol. The molecule has 0 saturated carbocycles. The van der Waals surface area contributed by atoms with Crippen molar-refractivity contribution in [2.24, 2.45) is 5.92 Å². The molecule has 84 heavy (non-hydrogen) atoms. The number of aromatic nitrogens is 3. The van der Waals surface area contributed by atoms with Gasteiger partial charge in [-0.15, -0.1) is 0 Å². The molecule has 3 amide bonds. The number of hydrogen-bond donors (Lipinski definition) is 0. The van der Waals surface area contributed by atoms with Gasteiger partial charge in [0.1, 0.15) is 11.6 Å². The van der Waals surface area contributed by atoms with Gasteiger partial charge in [-0.2, -0.15) is 25.3 Å². The first kappa shape index (κ1) is 65.8. The van der Waals surface area contributed by atoms with Crippen LogP contribution in [-0.4, -0.2) is 149 Å². The Kier molecular flexibility index (Phi) is 22.1. The second-order valence-electron chi connectivity index (χ2n) is 21.9. The molecule has 3 aromatic carbocycles. The number of nitrogens with zero attached hydrogens (tertiary/aromatic N) is 6. The van der Waals surface area contributed by atoms with Gasteiger partial charge < -0.3 is 28.4 Å². The van der Waals surface area contributed by atoms with Gasteiger partial charge in [0.2, 0.25) is 17.7 Å². The van der Waals surface area contributed by atoms with Gasteiger partial charge in [0.15, 0.2) is 0 Å². The second-order valence-corrected chi connectivity index (χ2v) is 26.9. The van der Waals surface area contributed by atoms with Crippen LogP contribution in [0.2, 0.25) is 0 Å². The standard InChI is InChI=1S/C21H30N2O4S.2C20H27FN2O4S/c1-5-22(6-2)21(24)17-13-15(3)14-19-20(17)16-9-7-8-10-18(16)23(19)11-12-27-28(4,25)26;1-4-22(5-2)20(24)14-8-6-10-16-18(14)19-15(21)9-7-11-17(19)23(16)12-13-27-28(3,25)26;1-4-22(5-2)20(24)15-7-6-8-18-19(15)16-13-14(21)9-10-17(16)23(18)11-12-27-28(3,25)26/h7-10,15,17H,5-6,11-14H2,1-4H3;7,9,11,14H,4-6,8,10,12-13H2,1-3H3;9-10,13,15H,4-8,11-12H2,1-3H3. The molecule has 3 aromatic heterocycles. The Hall–Kier alpha value is -5.72. The van der Waals surface area contributed by atoms with Crippen LogP contribution in [0.3, 0.4) is 0 Å². The third-order valence-electron chi connectivity index (χ3n) is 16.5. The van der Waals surface area contributed by atoms with Crippen molar-refractivity contribution < 1.29 is 61.0 Å². The summed E-state index contributed by atoms with van der Waals surface area (Å²) in [6.45, 7) is 19.0. The van der Waals surface area contributed by atoms with E-state index in [-0.39, 0.29) is 73.5 Å². The predicted octanol–water partition coefficient (Wildman–Crippen LogP) is 9.24. The number of carbonyl (C=O) groups is 3. The van der Waals surface area contributed by atoms with E-state index in [9.17, 15) is 48.4 Å². The van der Waals surface area contributed by atoms with E-state index in [1.54, 1.807) is 17.0 Å². The lowest BCUT2D eigenvalue weighted by Gasteiger charge is -2.32. The van der Waals surface area contributed by atoms with Crippen molar-refractivity contribution in [3.8, 4) is 0 Å². The summed E-state index contributed by atoms with van der Waals surface area (Å²) in [7, 11) is -10.6. The highest BCUT2D eigenvalue weighted by atomic mass is 32.2. The van der Waals surface area contributed by atoms with Crippen LogP contribution in [0.5, 0.6) is 0 Å². The average Bonchev–Trinajstić information content (AvgIpc) is 1.98. The molecule has 9 rings (SSSR count). The largest absolute Gasteiger partial charge is 0.343 e. The Labute approximate surface area is 494 Å². The number of carbonyl (C=O) groups excluding carboxylic acids is 3. The van der Waals surface area contributed by atoms with Gasteiger partial charge in [0.25, 0.3) is 30.4 Å². The van der Waals surface area contributed by atoms with Gasteiger partial charge in [0.05, 0.1) is 61.9 Å². The van der Waals surface area contributed by atoms with Crippen LogP contribution >= 0.6 is 0 Å². The highest BCUT2D eigenvalue weighted by Gasteiger charge is 2.38. The van der Waals surface area contributed by atoms with E-state index in [4.69, 9.17) is 12.5 Å². The quantitative estimate of drug-likeness (QED) is 0.0619. The van der Waals surface area contributed by atoms with Crippen molar-refractivity contribution in [2.75, 3.05) is 77.9 Å². The van der Waals surface area contributed by atoms with E-state index >= 15 is 0 Å². The highest BCUT2D eigenvalue weighted by molar-refractivity contribution is 7.86. The van der Waals surface area contributed by atoms with Crippen molar-refractivity contribution in [3.63, 3.8) is 0 Å². The number of fused-ring (bicyclic) bond motifs is 9. The molecular formula is C61H84F2N6O12S3. The number of amides is 3. The monoisotopic (exact) mass is 1230 g/mol. The van der Waals surface area contributed by atoms with Crippen molar-refractivity contribution in [2.45, 2.75) is 137 Å². The lowest BCUT2D eigenvalue weighted by Crippen LogP contribution is -2.37. The third-order valence-corrected chi connectivity index (χ3v) is 18.3. The van der Waals surface area contributed by atoms with Crippen molar-refractivity contribution in [3.05, 3.63) is 106 Å². The minimum atomic E-state index is -3.55. The lowest BCUT2D eigenvalue weighted by molar-refractivity contribution is -0.133. The zero-order valence-electron chi connectivity index (χ0n) is 50.3. The zero-order valence-corrected chi connectivity index (χ0v) is 52.7. The van der Waals surface area contributed by atoms with Crippen LogP contribution in [0.25, 0.3) is 32.7 Å². The van der Waals surface area contributed by atoms with E-state index in [0.717, 1.165) is 119 Å². The summed E-state index contributed by atoms with van der Waals surface area (Å²) in [4.78, 5) is 45.0. The van der Waals surface area contributed by atoms with Crippen LogP contribution in [0, 0.1) is 17.6 Å². The number of rotatable bonds is 21. The molecule has 18 nitrogen and oxygen atoms in total. The molecule has 462 valence electrons. The van der Waals surface area contributed by atoms with Gasteiger partial charge >= 0.3 is 0 Å². The molecule has 3 heterocycles. The van der Waals surface area contributed by atoms with Crippen LogP contribution in [-0.2, 0) is 96.2 Å². The van der Waals surface area contributed by atoms with E-state index in [1.165, 1.54) is 18.2 Å². The lowest BCUT2D eigenvalue weighted by atomic mass is 9.79. The number of halogens is 2. The summed E-state index contributed by atoms with van der Waals surface area (Å²) in [6, 6.07) is 17.5. The Balaban J connectivity index is 0.000000181. The fraction of sp³-hybridized carbons (Fsp3) is 0.557. The van der Waals surface area contributed by atoms with Crippen molar-refractivity contribution in [1.29, 1.82) is 0 Å². The maximum absolute atomic E-state index is 14.8. The molecule has 0 N–H and O–H groups in total. The summed E-state index contributed by atoms with van der Waals surface area (Å²) >= 11 is 0. The van der Waals surface area contributed by atoms with Crippen molar-refractivity contribution >= 4 is 80.8 Å². The van der Waals surface area contributed by atoms with Crippen LogP contribution in [0.4, 0.5) is 8.78 Å². The SMILES string of the molecule is CCN(CC)C(=O)C1CC(C)Cc2c1c1ccccc1n2CCOS(C)(=O)=O.CCN(CC)C(=O)C1CCCc2c1c1c(F)cccc1n2CCOS(C)(=O)=O.CCN(CC)C(=O)C1CCCc2c1c1cc(F)ccc1n2CCOS(C)(=O)=O. The molecule has 0 saturated heterocycles. The topological polar surface area (TPSA) is 206 Å². The first-order valence-electron chi connectivity index (χ1n) is 29.4. The van der Waals surface area contributed by atoms with Gasteiger partial charge in [-0.3, -0.25) is 26.9 Å². The van der Waals surface area contributed by atoms with Gasteiger partial charge in [0, 0.05) is 103 Å². The number of hydrogen-bond acceptors (Lipinski definition) is 12. The summed E-state index contributed by atoms with van der Waals surface area (Å²) < 4.78 is 118. The number of benzene rings is 3. The molecule has 0 spiro atoms. The van der Waals surface area contributed by atoms with Crippen molar-refractivity contribution in [1.82, 2.24) is 28.4 Å². The molecule has 3 aliphatic rings. The molecule has 0 radical (unpaired) electrons. The third kappa shape index (κ3) is 15.1. The van der Waals surface area contributed by atoms with Gasteiger partial charge in [-0.25, -0.2) is 8.78 Å². The maximum atomic E-state index is 14.8. The Morgan fingerprint density at radius 1 is 0.524 bits per heavy atom. The summed E-state index contributed by atoms with van der Waals surface area (Å²) in [5.74, 6) is -0.854. The summed E-state index contributed by atoms with van der Waals surface area (Å²) in [6.07, 6.45) is 9.42. The molecule has 0 bridgehead atoms. The van der Waals surface area contributed by atoms with Crippen LogP contribution < -0.4 is 0 Å². The minimum absolute atomic E-state index is 0.00108. The summed E-state index contributed by atoms with van der Waals surface area (Å²) in [5, 5.41) is 2.30. The minimum Gasteiger partial charge on any atom is -0.343 e. The average molecular weight is 1230 g/mol. The number of likely N-dealkylation sites (N-methyl/N-ethyl adjacent to an activating group) is 3. The maximum Gasteiger partial charge on any atom is 0.264 e. The normalized spacial score (nSPS) is 17.8. The Morgan fingerprint density at radius 3 is 1.44 bits per heavy atom. The number of para-hydroxylation sites is 1. The molecule has 0 fully saturated rings. The first-order chi connectivity index (χ1) is 39.8. The molecular weight excluding hydrogens is 1140 g/mol. The molecule has 3 aliphatic carbocycles.